The Morgan fingerprint density at radius 1 is 1.62 bits per heavy atom. The van der Waals surface area contributed by atoms with E-state index < -0.39 is 11.8 Å². The molecule has 0 heterocycles. The molecule has 0 amide bonds. The molecular formula is C9H8BrFO2. The van der Waals surface area contributed by atoms with Crippen molar-refractivity contribution < 1.29 is 13.9 Å². The summed E-state index contributed by atoms with van der Waals surface area (Å²) in [5, 5.41) is 0. The van der Waals surface area contributed by atoms with Crippen LogP contribution < -0.4 is 0 Å². The van der Waals surface area contributed by atoms with Gasteiger partial charge in [0, 0.05) is 4.47 Å². The van der Waals surface area contributed by atoms with E-state index in [-0.39, 0.29) is 12.2 Å². The zero-order valence-electron chi connectivity index (χ0n) is 7.01. The average Bonchev–Trinajstić information content (AvgIpc) is 2.09. The van der Waals surface area contributed by atoms with Gasteiger partial charge in [-0.25, -0.2) is 9.18 Å². The molecule has 0 spiro atoms. The summed E-state index contributed by atoms with van der Waals surface area (Å²) < 4.78 is 18.0. The van der Waals surface area contributed by atoms with Crippen LogP contribution in [0.5, 0.6) is 0 Å². The van der Waals surface area contributed by atoms with E-state index in [1.54, 1.807) is 6.92 Å². The molecule has 0 aliphatic heterocycles. The molecule has 0 aromatic heterocycles. The van der Waals surface area contributed by atoms with E-state index in [1.165, 1.54) is 12.1 Å². The third kappa shape index (κ3) is 2.52. The van der Waals surface area contributed by atoms with Crippen LogP contribution in [0.2, 0.25) is 0 Å². The minimum absolute atomic E-state index is 0.210. The van der Waals surface area contributed by atoms with Gasteiger partial charge in [0.2, 0.25) is 0 Å². The molecular weight excluding hydrogens is 239 g/mol. The highest BCUT2D eigenvalue weighted by molar-refractivity contribution is 9.10. The maximum atomic E-state index is 12.7. The van der Waals surface area contributed by atoms with Gasteiger partial charge in [-0.05, 0) is 41.1 Å². The van der Waals surface area contributed by atoms with Crippen LogP contribution in [-0.2, 0) is 4.74 Å². The summed E-state index contributed by atoms with van der Waals surface area (Å²) in [5.74, 6) is -0.972. The Kier molecular flexibility index (Phi) is 3.42. The highest BCUT2D eigenvalue weighted by Gasteiger charge is 2.11. The third-order valence-corrected chi connectivity index (χ3v) is 2.12. The largest absolute Gasteiger partial charge is 0.462 e. The first-order valence-electron chi connectivity index (χ1n) is 3.77. The first-order valence-corrected chi connectivity index (χ1v) is 4.56. The predicted molar refractivity (Wildman–Crippen MR) is 50.1 cm³/mol. The minimum atomic E-state index is -0.520. The van der Waals surface area contributed by atoms with Gasteiger partial charge in [0.25, 0.3) is 0 Å². The normalized spacial score (nSPS) is 9.77. The molecule has 1 rings (SSSR count). The monoisotopic (exact) mass is 246 g/mol. The molecule has 1 aromatic carbocycles. The number of ether oxygens (including phenoxy) is 1. The lowest BCUT2D eigenvalue weighted by Crippen LogP contribution is -2.05. The fourth-order valence-electron chi connectivity index (χ4n) is 0.863. The lowest BCUT2D eigenvalue weighted by Gasteiger charge is -2.03. The van der Waals surface area contributed by atoms with Crippen molar-refractivity contribution in [1.82, 2.24) is 0 Å². The summed E-state index contributed by atoms with van der Waals surface area (Å²) in [6, 6.07) is 3.89. The molecule has 0 fully saturated rings. The minimum Gasteiger partial charge on any atom is -0.462 e. The zero-order chi connectivity index (χ0) is 9.84. The second kappa shape index (κ2) is 4.37. The van der Waals surface area contributed by atoms with Crippen molar-refractivity contribution >= 4 is 21.9 Å². The molecule has 0 atom stereocenters. The van der Waals surface area contributed by atoms with E-state index in [2.05, 4.69) is 15.9 Å². The van der Waals surface area contributed by atoms with Crippen LogP contribution in [0, 0.1) is 5.82 Å². The smallest absolute Gasteiger partial charge is 0.339 e. The highest BCUT2D eigenvalue weighted by atomic mass is 79.9. The Morgan fingerprint density at radius 2 is 2.31 bits per heavy atom. The van der Waals surface area contributed by atoms with E-state index in [1.807, 2.05) is 0 Å². The van der Waals surface area contributed by atoms with E-state index in [0.29, 0.717) is 4.47 Å². The van der Waals surface area contributed by atoms with E-state index in [0.717, 1.165) is 6.07 Å². The highest BCUT2D eigenvalue weighted by Crippen LogP contribution is 2.18. The molecule has 0 radical (unpaired) electrons. The Labute approximate surface area is 83.8 Å². The topological polar surface area (TPSA) is 26.3 Å². The number of benzene rings is 1. The van der Waals surface area contributed by atoms with Gasteiger partial charge in [0.1, 0.15) is 5.82 Å². The van der Waals surface area contributed by atoms with Crippen LogP contribution in [0.4, 0.5) is 4.39 Å². The van der Waals surface area contributed by atoms with E-state index in [9.17, 15) is 9.18 Å². The van der Waals surface area contributed by atoms with Gasteiger partial charge in [-0.2, -0.15) is 0 Å². The van der Waals surface area contributed by atoms with Crippen molar-refractivity contribution in [3.8, 4) is 0 Å². The van der Waals surface area contributed by atoms with Gasteiger partial charge in [-0.1, -0.05) is 0 Å². The number of carbonyl (C=O) groups is 1. The van der Waals surface area contributed by atoms with E-state index >= 15 is 0 Å². The van der Waals surface area contributed by atoms with Gasteiger partial charge in [0.05, 0.1) is 12.2 Å². The maximum Gasteiger partial charge on any atom is 0.339 e. The predicted octanol–water partition coefficient (Wildman–Crippen LogP) is 2.76. The standard InChI is InChI=1S/C9H8BrFO2/c1-2-13-9(12)7-5-6(11)3-4-8(7)10/h3-5H,2H2,1H3. The Balaban J connectivity index is 2.99. The van der Waals surface area contributed by atoms with Gasteiger partial charge in [-0.15, -0.1) is 0 Å². The number of halogens is 2. The number of rotatable bonds is 2. The molecule has 0 unspecified atom stereocenters. The molecule has 2 nitrogen and oxygen atoms in total. The van der Waals surface area contributed by atoms with Crippen LogP contribution >= 0.6 is 15.9 Å². The molecule has 70 valence electrons. The molecule has 13 heavy (non-hydrogen) atoms. The van der Waals surface area contributed by atoms with Crippen molar-refractivity contribution in [2.75, 3.05) is 6.61 Å². The van der Waals surface area contributed by atoms with Gasteiger partial charge < -0.3 is 4.74 Å². The fraction of sp³-hybridized carbons (Fsp3) is 0.222. The van der Waals surface area contributed by atoms with Gasteiger partial charge in [0.15, 0.2) is 0 Å². The number of hydrogen-bond donors (Lipinski definition) is 0. The lowest BCUT2D eigenvalue weighted by atomic mass is 10.2. The van der Waals surface area contributed by atoms with Crippen molar-refractivity contribution in [2.45, 2.75) is 6.92 Å². The molecule has 0 bridgehead atoms. The Morgan fingerprint density at radius 3 is 2.92 bits per heavy atom. The Hall–Kier alpha value is -0.900. The summed E-state index contributed by atoms with van der Waals surface area (Å²) in [5.41, 5.74) is 0.210. The summed E-state index contributed by atoms with van der Waals surface area (Å²) >= 11 is 3.13. The number of esters is 1. The summed E-state index contributed by atoms with van der Waals surface area (Å²) in [7, 11) is 0. The second-order valence-corrected chi connectivity index (χ2v) is 3.20. The average molecular weight is 247 g/mol. The SMILES string of the molecule is CCOC(=O)c1cc(F)ccc1Br. The Bertz CT molecular complexity index is 325. The van der Waals surface area contributed by atoms with Crippen LogP contribution in [0.25, 0.3) is 0 Å². The van der Waals surface area contributed by atoms with Crippen LogP contribution in [0.3, 0.4) is 0 Å². The molecule has 4 heteroatoms. The van der Waals surface area contributed by atoms with Crippen molar-refractivity contribution in [3.63, 3.8) is 0 Å². The molecule has 1 aromatic rings. The summed E-state index contributed by atoms with van der Waals surface area (Å²) in [6.45, 7) is 1.98. The van der Waals surface area contributed by atoms with E-state index in [4.69, 9.17) is 4.74 Å². The lowest BCUT2D eigenvalue weighted by molar-refractivity contribution is 0.0524. The van der Waals surface area contributed by atoms with Crippen LogP contribution in [0.1, 0.15) is 17.3 Å². The third-order valence-electron chi connectivity index (χ3n) is 1.42. The fourth-order valence-corrected chi connectivity index (χ4v) is 1.27. The second-order valence-electron chi connectivity index (χ2n) is 2.34. The van der Waals surface area contributed by atoms with Gasteiger partial charge in [-0.3, -0.25) is 0 Å². The first-order chi connectivity index (χ1) is 6.15. The molecule has 0 saturated carbocycles. The molecule has 0 N–H and O–H groups in total. The molecule has 0 aliphatic carbocycles. The first kappa shape index (κ1) is 10.2. The van der Waals surface area contributed by atoms with Crippen molar-refractivity contribution in [3.05, 3.63) is 34.1 Å². The van der Waals surface area contributed by atoms with Crippen molar-refractivity contribution in [2.24, 2.45) is 0 Å². The van der Waals surface area contributed by atoms with Gasteiger partial charge >= 0.3 is 5.97 Å². The quantitative estimate of drug-likeness (QED) is 0.751. The van der Waals surface area contributed by atoms with Crippen LogP contribution in [-0.4, -0.2) is 12.6 Å². The van der Waals surface area contributed by atoms with Crippen LogP contribution in [0.15, 0.2) is 22.7 Å². The molecule has 0 saturated heterocycles. The zero-order valence-corrected chi connectivity index (χ0v) is 8.60. The number of carbonyl (C=O) groups excluding carboxylic acids is 1. The number of hydrogen-bond acceptors (Lipinski definition) is 2. The summed E-state index contributed by atoms with van der Waals surface area (Å²) in [6.07, 6.45) is 0. The summed E-state index contributed by atoms with van der Waals surface area (Å²) in [4.78, 5) is 11.2. The maximum absolute atomic E-state index is 12.7. The molecule has 0 aliphatic rings. The van der Waals surface area contributed by atoms with Crippen molar-refractivity contribution in [1.29, 1.82) is 0 Å².